The number of benzene rings is 1. The largest absolute Gasteiger partial charge is 0.481 e. The fourth-order valence-electron chi connectivity index (χ4n) is 1.26. The number of aliphatic carboxylic acids is 1. The first-order valence-electron chi connectivity index (χ1n) is 4.94. The van der Waals surface area contributed by atoms with E-state index >= 15 is 0 Å². The van der Waals surface area contributed by atoms with Crippen molar-refractivity contribution in [3.05, 3.63) is 29.8 Å². The van der Waals surface area contributed by atoms with Crippen molar-refractivity contribution < 1.29 is 14.7 Å². The molecule has 86 valence electrons. The molecule has 1 aromatic rings. The van der Waals surface area contributed by atoms with Crippen LogP contribution in [0.4, 0.5) is 0 Å². The second kappa shape index (κ2) is 5.70. The zero-order valence-electron chi connectivity index (χ0n) is 9.27. The number of ketones is 1. The van der Waals surface area contributed by atoms with Gasteiger partial charge < -0.3 is 5.11 Å². The molecule has 0 aliphatic carbocycles. The highest BCUT2D eigenvalue weighted by Gasteiger charge is 2.16. The summed E-state index contributed by atoms with van der Waals surface area (Å²) in [7, 11) is 0. The number of carbonyl (C=O) groups excluding carboxylic acids is 1. The molecule has 0 saturated carbocycles. The first-order chi connectivity index (χ1) is 7.54. The third kappa shape index (κ3) is 3.38. The van der Waals surface area contributed by atoms with E-state index in [1.807, 2.05) is 18.4 Å². The number of hydrogen-bond donors (Lipinski definition) is 1. The molecular formula is C12H14O3S. The molecule has 0 amide bonds. The molecule has 1 unspecified atom stereocenters. The second-order valence-electron chi connectivity index (χ2n) is 3.60. The molecule has 0 aliphatic rings. The topological polar surface area (TPSA) is 54.4 Å². The Morgan fingerprint density at radius 3 is 2.31 bits per heavy atom. The highest BCUT2D eigenvalue weighted by Crippen LogP contribution is 2.17. The van der Waals surface area contributed by atoms with Crippen molar-refractivity contribution in [3.8, 4) is 0 Å². The van der Waals surface area contributed by atoms with Gasteiger partial charge in [-0.05, 0) is 18.4 Å². The molecule has 0 fully saturated rings. The van der Waals surface area contributed by atoms with Gasteiger partial charge in [0, 0.05) is 16.9 Å². The minimum absolute atomic E-state index is 0.0496. The van der Waals surface area contributed by atoms with Gasteiger partial charge in [-0.15, -0.1) is 11.8 Å². The van der Waals surface area contributed by atoms with Crippen LogP contribution in [0.5, 0.6) is 0 Å². The zero-order valence-corrected chi connectivity index (χ0v) is 10.1. The van der Waals surface area contributed by atoms with E-state index in [1.54, 1.807) is 23.9 Å². The van der Waals surface area contributed by atoms with Gasteiger partial charge in [0.2, 0.25) is 0 Å². The molecule has 1 rings (SSSR count). The molecule has 0 bridgehead atoms. The molecule has 4 heteroatoms. The van der Waals surface area contributed by atoms with E-state index in [0.717, 1.165) is 4.90 Å². The number of carbonyl (C=O) groups is 2. The number of thioether (sulfide) groups is 1. The quantitative estimate of drug-likeness (QED) is 0.633. The van der Waals surface area contributed by atoms with Gasteiger partial charge in [-0.3, -0.25) is 9.59 Å². The predicted molar refractivity (Wildman–Crippen MR) is 64.0 cm³/mol. The van der Waals surface area contributed by atoms with Crippen LogP contribution in [0.15, 0.2) is 29.2 Å². The first kappa shape index (κ1) is 12.8. The molecule has 0 aromatic heterocycles. The van der Waals surface area contributed by atoms with E-state index in [2.05, 4.69) is 0 Å². The Balaban J connectivity index is 2.69. The summed E-state index contributed by atoms with van der Waals surface area (Å²) < 4.78 is 0. The maximum Gasteiger partial charge on any atom is 0.306 e. The number of rotatable bonds is 5. The summed E-state index contributed by atoms with van der Waals surface area (Å²) in [5, 5.41) is 8.70. The number of carboxylic acids is 1. The SMILES string of the molecule is CSc1ccc(C(=O)CC(C)C(=O)O)cc1. The van der Waals surface area contributed by atoms with Crippen LogP contribution in [0.2, 0.25) is 0 Å². The van der Waals surface area contributed by atoms with Gasteiger partial charge in [-0.2, -0.15) is 0 Å². The summed E-state index contributed by atoms with van der Waals surface area (Å²) in [5.41, 5.74) is 0.575. The molecule has 0 saturated heterocycles. The molecule has 0 radical (unpaired) electrons. The Morgan fingerprint density at radius 1 is 1.31 bits per heavy atom. The lowest BCUT2D eigenvalue weighted by atomic mass is 10.00. The Morgan fingerprint density at radius 2 is 1.88 bits per heavy atom. The molecule has 1 N–H and O–H groups in total. The molecule has 1 aromatic carbocycles. The minimum atomic E-state index is -0.936. The van der Waals surface area contributed by atoms with Crippen molar-refractivity contribution in [1.29, 1.82) is 0 Å². The molecule has 3 nitrogen and oxygen atoms in total. The Bertz CT molecular complexity index is 384. The second-order valence-corrected chi connectivity index (χ2v) is 4.47. The van der Waals surface area contributed by atoms with Crippen LogP contribution < -0.4 is 0 Å². The fraction of sp³-hybridized carbons (Fsp3) is 0.333. The molecular weight excluding hydrogens is 224 g/mol. The van der Waals surface area contributed by atoms with Crippen molar-refractivity contribution in [2.45, 2.75) is 18.2 Å². The van der Waals surface area contributed by atoms with E-state index in [4.69, 9.17) is 5.11 Å². The lowest BCUT2D eigenvalue weighted by molar-refractivity contribution is -0.141. The number of Topliss-reactive ketones (excluding diaryl/α,β-unsaturated/α-hetero) is 1. The van der Waals surface area contributed by atoms with Crippen LogP contribution in [0.1, 0.15) is 23.7 Å². The molecule has 16 heavy (non-hydrogen) atoms. The van der Waals surface area contributed by atoms with Crippen molar-refractivity contribution >= 4 is 23.5 Å². The summed E-state index contributed by atoms with van der Waals surface area (Å²) in [5.74, 6) is -1.69. The molecule has 1 atom stereocenters. The highest BCUT2D eigenvalue weighted by molar-refractivity contribution is 7.98. The third-order valence-electron chi connectivity index (χ3n) is 2.33. The maximum atomic E-state index is 11.7. The van der Waals surface area contributed by atoms with Gasteiger partial charge in [0.1, 0.15) is 0 Å². The summed E-state index contributed by atoms with van der Waals surface area (Å²) in [6.45, 7) is 1.54. The summed E-state index contributed by atoms with van der Waals surface area (Å²) in [6.07, 6.45) is 2.01. The van der Waals surface area contributed by atoms with E-state index < -0.39 is 11.9 Å². The summed E-state index contributed by atoms with van der Waals surface area (Å²) in [4.78, 5) is 23.4. The van der Waals surface area contributed by atoms with Crippen LogP contribution in [-0.2, 0) is 4.79 Å². The number of carboxylic acid groups (broad SMARTS) is 1. The Kier molecular flexibility index (Phi) is 4.55. The van der Waals surface area contributed by atoms with Gasteiger partial charge in [-0.25, -0.2) is 0 Å². The van der Waals surface area contributed by atoms with E-state index in [-0.39, 0.29) is 12.2 Å². The summed E-state index contributed by atoms with van der Waals surface area (Å²) >= 11 is 1.60. The van der Waals surface area contributed by atoms with Gasteiger partial charge >= 0.3 is 5.97 Å². The lowest BCUT2D eigenvalue weighted by Crippen LogP contribution is -2.14. The van der Waals surface area contributed by atoms with Crippen molar-refractivity contribution in [1.82, 2.24) is 0 Å². The Labute approximate surface area is 98.9 Å². The predicted octanol–water partition coefficient (Wildman–Crippen LogP) is 2.70. The van der Waals surface area contributed by atoms with Crippen LogP contribution in [-0.4, -0.2) is 23.1 Å². The average molecular weight is 238 g/mol. The average Bonchev–Trinajstić information content (AvgIpc) is 2.28. The van der Waals surface area contributed by atoms with Crippen LogP contribution in [0.3, 0.4) is 0 Å². The van der Waals surface area contributed by atoms with E-state index in [0.29, 0.717) is 5.56 Å². The Hall–Kier alpha value is -1.29. The first-order valence-corrected chi connectivity index (χ1v) is 6.17. The normalized spacial score (nSPS) is 12.1. The maximum absolute atomic E-state index is 11.7. The molecule has 0 spiro atoms. The summed E-state index contributed by atoms with van der Waals surface area (Å²) in [6, 6.07) is 7.21. The van der Waals surface area contributed by atoms with Crippen molar-refractivity contribution in [2.75, 3.05) is 6.26 Å². The fourth-order valence-corrected chi connectivity index (χ4v) is 1.67. The van der Waals surface area contributed by atoms with E-state index in [1.165, 1.54) is 6.92 Å². The van der Waals surface area contributed by atoms with Gasteiger partial charge in [0.25, 0.3) is 0 Å². The molecule has 0 aliphatic heterocycles. The van der Waals surface area contributed by atoms with Crippen molar-refractivity contribution in [3.63, 3.8) is 0 Å². The van der Waals surface area contributed by atoms with E-state index in [9.17, 15) is 9.59 Å². The van der Waals surface area contributed by atoms with Gasteiger partial charge in [0.15, 0.2) is 5.78 Å². The third-order valence-corrected chi connectivity index (χ3v) is 3.07. The van der Waals surface area contributed by atoms with Gasteiger partial charge in [0.05, 0.1) is 5.92 Å². The standard InChI is InChI=1S/C12H14O3S/c1-8(12(14)15)7-11(13)9-3-5-10(16-2)6-4-9/h3-6,8H,7H2,1-2H3,(H,14,15). The zero-order chi connectivity index (χ0) is 12.1. The van der Waals surface area contributed by atoms with Crippen LogP contribution >= 0.6 is 11.8 Å². The van der Waals surface area contributed by atoms with Crippen molar-refractivity contribution in [2.24, 2.45) is 5.92 Å². The monoisotopic (exact) mass is 238 g/mol. The molecule has 0 heterocycles. The minimum Gasteiger partial charge on any atom is -0.481 e. The highest BCUT2D eigenvalue weighted by atomic mass is 32.2. The number of hydrogen-bond acceptors (Lipinski definition) is 3. The van der Waals surface area contributed by atoms with Gasteiger partial charge in [-0.1, -0.05) is 19.1 Å². The van der Waals surface area contributed by atoms with Crippen LogP contribution in [0, 0.1) is 5.92 Å². The smallest absolute Gasteiger partial charge is 0.306 e. The lowest BCUT2D eigenvalue weighted by Gasteiger charge is -2.05. The van der Waals surface area contributed by atoms with Crippen LogP contribution in [0.25, 0.3) is 0 Å².